The Labute approximate surface area is 193 Å². The van der Waals surface area contributed by atoms with E-state index >= 15 is 0 Å². The fourth-order valence-electron chi connectivity index (χ4n) is 1.82. The van der Waals surface area contributed by atoms with Crippen LogP contribution in [0.1, 0.15) is 38.3 Å². The molecule has 0 aliphatic carbocycles. The van der Waals surface area contributed by atoms with Crippen LogP contribution in [-0.4, -0.2) is 46.9 Å². The summed E-state index contributed by atoms with van der Waals surface area (Å²) in [5, 5.41) is 0. The quantitative estimate of drug-likeness (QED) is 0.257. The molecule has 0 unspecified atom stereocenters. The van der Waals surface area contributed by atoms with Gasteiger partial charge in [0, 0.05) is 12.8 Å². The number of aromatic nitrogens is 4. The molecule has 18 heteroatoms. The van der Waals surface area contributed by atoms with Crippen molar-refractivity contribution < 1.29 is 61.4 Å². The summed E-state index contributed by atoms with van der Waals surface area (Å²) in [4.78, 5) is 6.32. The van der Waals surface area contributed by atoms with Crippen LogP contribution >= 0.6 is 0 Å². The molecule has 200 valence electrons. The highest BCUT2D eigenvalue weighted by Crippen LogP contribution is 2.21. The number of rotatable bonds is 4. The van der Waals surface area contributed by atoms with E-state index in [4.69, 9.17) is 25.9 Å². The molecule has 0 spiro atoms. The number of hydrogen-bond donors (Lipinski definition) is 2. The molecular weight excluding hydrogens is 522 g/mol. The minimum atomic E-state index is -6.09. The number of halogens is 6. The number of H-pyrrole nitrogens is 2. The Hall–Kier alpha value is -2.18. The number of aryl methyl sites for hydroxylation is 4. The first-order valence-corrected chi connectivity index (χ1v) is 12.1. The van der Waals surface area contributed by atoms with Crippen LogP contribution < -0.4 is 9.13 Å². The lowest BCUT2D eigenvalue weighted by Crippen LogP contribution is -2.30. The van der Waals surface area contributed by atoms with Gasteiger partial charge in [0.05, 0.1) is 14.1 Å². The van der Waals surface area contributed by atoms with Gasteiger partial charge in [-0.2, -0.15) is 26.3 Å². The van der Waals surface area contributed by atoms with E-state index in [1.165, 1.54) is 30.9 Å². The Kier molecular flexibility index (Phi) is 14.3. The second-order valence-electron chi connectivity index (χ2n) is 6.29. The standard InChI is InChI=1S/C8H14N2.C6H10N2.2CHF3O3S/c1-3-4-5-8-9-6-7-10(8)2;1-3-6-7-4-5-8(6)2;2*2-1(3,4)8(5,6)7/h6-7H,3-5H2,1-2H3;4-5H,3H2,1-2H3;2*(H,5,6,7). The first-order valence-electron chi connectivity index (χ1n) is 9.27. The van der Waals surface area contributed by atoms with Crippen molar-refractivity contribution in [1.82, 2.24) is 9.97 Å². The molecule has 0 aliphatic rings. The van der Waals surface area contributed by atoms with Crippen LogP contribution in [0, 0.1) is 0 Å². The van der Waals surface area contributed by atoms with E-state index in [1.54, 1.807) is 0 Å². The zero-order chi connectivity index (χ0) is 27.4. The molecule has 0 aromatic carbocycles. The minimum Gasteiger partial charge on any atom is -0.741 e. The number of imidazole rings is 2. The van der Waals surface area contributed by atoms with Crippen LogP contribution in [0.25, 0.3) is 0 Å². The van der Waals surface area contributed by atoms with Crippen molar-refractivity contribution in [2.24, 2.45) is 14.1 Å². The van der Waals surface area contributed by atoms with Gasteiger partial charge in [-0.15, -0.1) is 0 Å². The zero-order valence-corrected chi connectivity index (χ0v) is 20.2. The lowest BCUT2D eigenvalue weighted by molar-refractivity contribution is -0.677. The van der Waals surface area contributed by atoms with Gasteiger partial charge < -0.3 is 9.11 Å². The average Bonchev–Trinajstić information content (AvgIpc) is 3.25. The molecule has 2 aromatic heterocycles. The third-order valence-electron chi connectivity index (χ3n) is 3.62. The summed E-state index contributed by atoms with van der Waals surface area (Å²) in [6.45, 7) is 4.34. The number of nitrogens with one attached hydrogen (secondary N) is 2. The number of unbranched alkanes of at least 4 members (excludes halogenated alkanes) is 1. The second-order valence-corrected chi connectivity index (χ2v) is 9.03. The maximum Gasteiger partial charge on any atom is 0.485 e. The molecule has 0 atom stereocenters. The van der Waals surface area contributed by atoms with Gasteiger partial charge >= 0.3 is 11.0 Å². The van der Waals surface area contributed by atoms with Crippen molar-refractivity contribution in [2.75, 3.05) is 0 Å². The first-order chi connectivity index (χ1) is 15.2. The summed E-state index contributed by atoms with van der Waals surface area (Å²) in [7, 11) is -8.07. The largest absolute Gasteiger partial charge is 0.741 e. The van der Waals surface area contributed by atoms with Crippen molar-refractivity contribution in [3.05, 3.63) is 36.4 Å². The minimum absolute atomic E-state index is 1.07. The molecular formula is C16H26F6N4O6S2. The van der Waals surface area contributed by atoms with Crippen molar-refractivity contribution in [3.8, 4) is 0 Å². The average molecular weight is 549 g/mol. The van der Waals surface area contributed by atoms with Gasteiger partial charge in [0.2, 0.25) is 0 Å². The van der Waals surface area contributed by atoms with Crippen molar-refractivity contribution in [2.45, 2.75) is 50.5 Å². The SMILES string of the molecule is CCCCc1[nH]cc[n+]1C.CCc1[nH]cc[n+]1C.O=S(=O)([O-])C(F)(F)F.O=S(=O)([O-])C(F)(F)F. The fraction of sp³-hybridized carbons (Fsp3) is 0.625. The maximum absolute atomic E-state index is 10.7. The van der Waals surface area contributed by atoms with E-state index in [2.05, 4.69) is 40.0 Å². The molecule has 0 bridgehead atoms. The Balaban J connectivity index is 0. The van der Waals surface area contributed by atoms with Crippen LogP contribution in [0.2, 0.25) is 0 Å². The lowest BCUT2D eigenvalue weighted by Gasteiger charge is -2.08. The highest BCUT2D eigenvalue weighted by atomic mass is 32.2. The Morgan fingerprint density at radius 3 is 1.29 bits per heavy atom. The van der Waals surface area contributed by atoms with Crippen molar-refractivity contribution in [3.63, 3.8) is 0 Å². The van der Waals surface area contributed by atoms with Gasteiger partial charge in [-0.1, -0.05) is 20.3 Å². The van der Waals surface area contributed by atoms with Gasteiger partial charge in [-0.25, -0.2) is 35.9 Å². The van der Waals surface area contributed by atoms with Crippen LogP contribution in [0.3, 0.4) is 0 Å². The van der Waals surface area contributed by atoms with E-state index in [1.807, 2.05) is 31.8 Å². The van der Waals surface area contributed by atoms with Crippen LogP contribution in [0.5, 0.6) is 0 Å². The van der Waals surface area contributed by atoms with Crippen LogP contribution in [0.15, 0.2) is 24.8 Å². The molecule has 2 aromatic rings. The van der Waals surface area contributed by atoms with Crippen molar-refractivity contribution >= 4 is 20.2 Å². The summed E-state index contributed by atoms with van der Waals surface area (Å²) in [5.74, 6) is 2.59. The first kappa shape index (κ1) is 34.0. The smallest absolute Gasteiger partial charge is 0.485 e. The number of alkyl halides is 6. The van der Waals surface area contributed by atoms with E-state index in [0.717, 1.165) is 6.42 Å². The topological polar surface area (TPSA) is 154 Å². The molecule has 2 heterocycles. The number of nitrogens with zero attached hydrogens (tertiary/aromatic N) is 2. The summed E-state index contributed by atoms with van der Waals surface area (Å²) in [5.41, 5.74) is -11.3. The van der Waals surface area contributed by atoms with Crippen molar-refractivity contribution in [1.29, 1.82) is 0 Å². The molecule has 2 rings (SSSR count). The fourth-order valence-corrected chi connectivity index (χ4v) is 1.82. The van der Waals surface area contributed by atoms with Gasteiger partial charge in [0.25, 0.3) is 11.6 Å². The van der Waals surface area contributed by atoms with Crippen LogP contribution in [0.4, 0.5) is 26.3 Å². The highest BCUT2D eigenvalue weighted by molar-refractivity contribution is 7.86. The van der Waals surface area contributed by atoms with Gasteiger partial charge in [0.15, 0.2) is 20.2 Å². The predicted octanol–water partition coefficient (Wildman–Crippen LogP) is 1.69. The monoisotopic (exact) mass is 548 g/mol. The molecule has 34 heavy (non-hydrogen) atoms. The van der Waals surface area contributed by atoms with E-state index in [9.17, 15) is 26.3 Å². The molecule has 2 N–H and O–H groups in total. The molecule has 0 saturated heterocycles. The lowest BCUT2D eigenvalue weighted by atomic mass is 10.2. The molecule has 10 nitrogen and oxygen atoms in total. The summed E-state index contributed by atoms with van der Waals surface area (Å²) < 4.78 is 122. The highest BCUT2D eigenvalue weighted by Gasteiger charge is 2.37. The zero-order valence-electron chi connectivity index (χ0n) is 18.6. The molecule has 0 aliphatic heterocycles. The molecule has 0 radical (unpaired) electrons. The van der Waals surface area contributed by atoms with E-state index in [0.29, 0.717) is 0 Å². The van der Waals surface area contributed by atoms with Gasteiger partial charge in [-0.05, 0) is 6.42 Å². The summed E-state index contributed by atoms with van der Waals surface area (Å²) in [6.07, 6.45) is 12.8. The summed E-state index contributed by atoms with van der Waals surface area (Å²) >= 11 is 0. The summed E-state index contributed by atoms with van der Waals surface area (Å²) in [6, 6.07) is 0. The van der Waals surface area contributed by atoms with Crippen LogP contribution in [-0.2, 0) is 47.2 Å². The Morgan fingerprint density at radius 1 is 0.794 bits per heavy atom. The molecule has 0 amide bonds. The maximum atomic E-state index is 10.7. The van der Waals surface area contributed by atoms with E-state index < -0.39 is 31.3 Å². The molecule has 0 saturated carbocycles. The van der Waals surface area contributed by atoms with Gasteiger partial charge in [-0.3, -0.25) is 0 Å². The third-order valence-corrected chi connectivity index (χ3v) is 4.75. The third kappa shape index (κ3) is 14.2. The predicted molar refractivity (Wildman–Crippen MR) is 103 cm³/mol. The molecule has 0 fully saturated rings. The number of hydrogen-bond acceptors (Lipinski definition) is 6. The second kappa shape index (κ2) is 14.3. The van der Waals surface area contributed by atoms with Gasteiger partial charge in [0.1, 0.15) is 24.8 Å². The van der Waals surface area contributed by atoms with E-state index in [-0.39, 0.29) is 0 Å². The Bertz CT molecular complexity index is 1000. The Morgan fingerprint density at radius 2 is 1.12 bits per heavy atom. The number of aromatic amines is 2. The normalized spacial score (nSPS) is 11.9.